The fraction of sp³-hybridized carbons (Fsp3) is 0.132. The molecule has 0 saturated heterocycles. The van der Waals surface area contributed by atoms with Crippen molar-refractivity contribution in [1.29, 1.82) is 0 Å². The smallest absolute Gasteiger partial charge is 0.0544 e. The Kier molecular flexibility index (Phi) is 6.35. The summed E-state index contributed by atoms with van der Waals surface area (Å²) in [7, 11) is 0. The maximum atomic E-state index is 2.56. The van der Waals surface area contributed by atoms with Gasteiger partial charge in [0.2, 0.25) is 0 Å². The number of hydrogen-bond acceptors (Lipinski definition) is 1. The van der Waals surface area contributed by atoms with Gasteiger partial charge < -0.3 is 4.90 Å². The van der Waals surface area contributed by atoms with Crippen LogP contribution in [-0.2, 0) is 10.8 Å². The first-order valence-corrected chi connectivity index (χ1v) is 19.3. The zero-order valence-electron chi connectivity index (χ0n) is 31.5. The van der Waals surface area contributed by atoms with Gasteiger partial charge in [0.15, 0.2) is 0 Å². The topological polar surface area (TPSA) is 3.24 Å². The Labute approximate surface area is 317 Å². The quantitative estimate of drug-likeness (QED) is 0.167. The molecule has 0 atom stereocenters. The van der Waals surface area contributed by atoms with Crippen LogP contribution >= 0.6 is 0 Å². The highest BCUT2D eigenvalue weighted by atomic mass is 15.1. The highest BCUT2D eigenvalue weighted by molar-refractivity contribution is 6.16. The minimum atomic E-state index is -0.223. The highest BCUT2D eigenvalue weighted by Crippen LogP contribution is 2.59. The van der Waals surface area contributed by atoms with E-state index in [0.717, 1.165) is 5.69 Å². The lowest BCUT2D eigenvalue weighted by Gasteiger charge is -2.31. The Morgan fingerprint density at radius 2 is 0.963 bits per heavy atom. The molecule has 0 spiro atoms. The summed E-state index contributed by atoms with van der Waals surface area (Å²) in [6.45, 7) is 11.9. The van der Waals surface area contributed by atoms with Gasteiger partial charge in [-0.25, -0.2) is 0 Å². The average Bonchev–Trinajstić information content (AvgIpc) is 3.54. The van der Waals surface area contributed by atoms with Gasteiger partial charge in [0.05, 0.1) is 11.4 Å². The zero-order chi connectivity index (χ0) is 36.5. The van der Waals surface area contributed by atoms with Crippen LogP contribution in [0.2, 0.25) is 0 Å². The second-order valence-corrected chi connectivity index (χ2v) is 16.7. The standard InChI is InChI=1S/C53H41N/c1-32-21-24-40-41-29-47-44(30-46(41)52(2,3)45(40)25-32)51-43-28-37-17-9-8-16-36(37)27-42(43)50(31-48(51)53(47,4)5)54(38-23-22-33-13-6-7-15-35(33)26-38)49-20-12-18-34-14-10-11-19-39(34)49/h6-31H,1-5H3. The Hall–Kier alpha value is -6.18. The maximum Gasteiger partial charge on any atom is 0.0544 e. The average molecular weight is 692 g/mol. The molecule has 258 valence electrons. The van der Waals surface area contributed by atoms with Crippen LogP contribution in [-0.4, -0.2) is 0 Å². The summed E-state index contributed by atoms with van der Waals surface area (Å²) in [5.74, 6) is 0. The lowest BCUT2D eigenvalue weighted by atomic mass is 9.79. The van der Waals surface area contributed by atoms with Crippen LogP contribution in [0.5, 0.6) is 0 Å². The van der Waals surface area contributed by atoms with Gasteiger partial charge in [-0.1, -0.05) is 142 Å². The molecule has 0 aliphatic heterocycles. The maximum absolute atomic E-state index is 2.56. The van der Waals surface area contributed by atoms with Crippen LogP contribution in [0.4, 0.5) is 17.1 Å². The first kappa shape index (κ1) is 31.4. The van der Waals surface area contributed by atoms with E-state index >= 15 is 0 Å². The van der Waals surface area contributed by atoms with E-state index in [1.807, 2.05) is 0 Å². The van der Waals surface area contributed by atoms with Crippen LogP contribution in [0.25, 0.3) is 65.3 Å². The van der Waals surface area contributed by atoms with Crippen molar-refractivity contribution >= 4 is 60.2 Å². The first-order valence-electron chi connectivity index (χ1n) is 19.3. The SMILES string of the molecule is Cc1ccc2c(c1)C(C)(C)c1cc3c(cc1-2)C(C)(C)c1cc(N(c2ccc4ccccc4c2)c2cccc4ccccc24)c2cc4ccccc4cc2c1-3. The molecule has 0 N–H and O–H groups in total. The van der Waals surface area contributed by atoms with E-state index in [1.165, 1.54) is 105 Å². The lowest BCUT2D eigenvalue weighted by molar-refractivity contribution is 0.652. The Morgan fingerprint density at radius 1 is 0.370 bits per heavy atom. The normalized spacial score (nSPS) is 14.7. The monoisotopic (exact) mass is 691 g/mol. The number of aryl methyl sites for hydroxylation is 1. The summed E-state index contributed by atoms with van der Waals surface area (Å²) in [6.07, 6.45) is 0. The Balaban J connectivity index is 1.26. The molecule has 0 unspecified atom stereocenters. The van der Waals surface area contributed by atoms with E-state index < -0.39 is 0 Å². The molecule has 0 heterocycles. The molecule has 0 saturated carbocycles. The van der Waals surface area contributed by atoms with Crippen molar-refractivity contribution in [2.45, 2.75) is 45.4 Å². The predicted molar refractivity (Wildman–Crippen MR) is 231 cm³/mol. The number of fused-ring (bicyclic) bond motifs is 11. The number of nitrogens with zero attached hydrogens (tertiary/aromatic N) is 1. The van der Waals surface area contributed by atoms with Gasteiger partial charge in [-0.2, -0.15) is 0 Å². The van der Waals surface area contributed by atoms with Crippen LogP contribution in [0, 0.1) is 6.92 Å². The van der Waals surface area contributed by atoms with Crippen molar-refractivity contribution < 1.29 is 0 Å². The second-order valence-electron chi connectivity index (χ2n) is 16.7. The fourth-order valence-electron chi connectivity index (χ4n) is 9.95. The molecular weight excluding hydrogens is 651 g/mol. The summed E-state index contributed by atoms with van der Waals surface area (Å²) < 4.78 is 0. The third-order valence-electron chi connectivity index (χ3n) is 12.8. The van der Waals surface area contributed by atoms with Gasteiger partial charge in [-0.3, -0.25) is 0 Å². The predicted octanol–water partition coefficient (Wildman–Crippen LogP) is 14.7. The summed E-state index contributed by atoms with van der Waals surface area (Å²) in [4.78, 5) is 2.53. The molecule has 9 aromatic carbocycles. The molecule has 0 amide bonds. The minimum absolute atomic E-state index is 0.0810. The summed E-state index contributed by atoms with van der Waals surface area (Å²) in [5, 5.41) is 10.0. The molecule has 1 nitrogen and oxygen atoms in total. The second kappa shape index (κ2) is 10.9. The molecule has 1 heteroatoms. The van der Waals surface area contributed by atoms with Gasteiger partial charge in [-0.05, 0) is 132 Å². The largest absolute Gasteiger partial charge is 0.309 e. The van der Waals surface area contributed by atoms with Crippen molar-refractivity contribution in [1.82, 2.24) is 0 Å². The molecule has 2 aliphatic rings. The zero-order valence-corrected chi connectivity index (χ0v) is 31.5. The van der Waals surface area contributed by atoms with Gasteiger partial charge >= 0.3 is 0 Å². The van der Waals surface area contributed by atoms with Crippen molar-refractivity contribution in [3.05, 3.63) is 186 Å². The molecular formula is C53H41N. The molecule has 0 radical (unpaired) electrons. The van der Waals surface area contributed by atoms with Gasteiger partial charge in [0.25, 0.3) is 0 Å². The summed E-state index contributed by atoms with van der Waals surface area (Å²) >= 11 is 0. The number of anilines is 3. The number of benzene rings is 9. The lowest BCUT2D eigenvalue weighted by Crippen LogP contribution is -2.18. The molecule has 0 aromatic heterocycles. The Morgan fingerprint density at radius 3 is 1.74 bits per heavy atom. The third kappa shape index (κ3) is 4.27. The van der Waals surface area contributed by atoms with Crippen molar-refractivity contribution in [3.8, 4) is 22.3 Å². The molecule has 9 aromatic rings. The molecule has 2 aliphatic carbocycles. The number of rotatable bonds is 3. The van der Waals surface area contributed by atoms with E-state index in [1.54, 1.807) is 0 Å². The summed E-state index contributed by atoms with van der Waals surface area (Å²) in [5.41, 5.74) is 15.7. The van der Waals surface area contributed by atoms with Crippen LogP contribution in [0.1, 0.15) is 55.5 Å². The van der Waals surface area contributed by atoms with E-state index in [2.05, 4.69) is 197 Å². The van der Waals surface area contributed by atoms with Gasteiger partial charge in [0.1, 0.15) is 0 Å². The van der Waals surface area contributed by atoms with E-state index in [0.29, 0.717) is 0 Å². The van der Waals surface area contributed by atoms with E-state index in [-0.39, 0.29) is 10.8 Å². The van der Waals surface area contributed by atoms with Crippen molar-refractivity contribution in [2.24, 2.45) is 0 Å². The molecule has 11 rings (SSSR count). The van der Waals surface area contributed by atoms with Crippen LogP contribution in [0.15, 0.2) is 158 Å². The van der Waals surface area contributed by atoms with Gasteiger partial charge in [0, 0.05) is 27.3 Å². The van der Waals surface area contributed by atoms with Crippen molar-refractivity contribution in [3.63, 3.8) is 0 Å². The molecule has 0 fully saturated rings. The molecule has 54 heavy (non-hydrogen) atoms. The molecule has 0 bridgehead atoms. The van der Waals surface area contributed by atoms with Crippen LogP contribution < -0.4 is 4.90 Å². The Bertz CT molecular complexity index is 3060. The van der Waals surface area contributed by atoms with E-state index in [9.17, 15) is 0 Å². The van der Waals surface area contributed by atoms with E-state index in [4.69, 9.17) is 0 Å². The van der Waals surface area contributed by atoms with Crippen LogP contribution in [0.3, 0.4) is 0 Å². The minimum Gasteiger partial charge on any atom is -0.309 e. The van der Waals surface area contributed by atoms with Crippen molar-refractivity contribution in [2.75, 3.05) is 4.90 Å². The fourth-order valence-corrected chi connectivity index (χ4v) is 9.95. The highest BCUT2D eigenvalue weighted by Gasteiger charge is 2.43. The number of hydrogen-bond donors (Lipinski definition) is 0. The third-order valence-corrected chi connectivity index (χ3v) is 12.8. The summed E-state index contributed by atoms with van der Waals surface area (Å²) in [6, 6.07) is 59.6. The van der Waals surface area contributed by atoms with Gasteiger partial charge in [-0.15, -0.1) is 0 Å². The first-order chi connectivity index (χ1) is 26.2.